The van der Waals surface area contributed by atoms with Crippen molar-refractivity contribution in [1.82, 2.24) is 9.88 Å². The molecule has 3 heteroatoms. The van der Waals surface area contributed by atoms with Gasteiger partial charge in [0.1, 0.15) is 0 Å². The Morgan fingerprint density at radius 2 is 1.91 bits per heavy atom. The van der Waals surface area contributed by atoms with Gasteiger partial charge in [-0.25, -0.2) is 0 Å². The Kier molecular flexibility index (Phi) is 4.85. The molecule has 2 aliphatic heterocycles. The second-order valence-electron chi connectivity index (χ2n) is 10.1. The molecule has 3 heterocycles. The van der Waals surface area contributed by atoms with Gasteiger partial charge in [0.25, 0.3) is 0 Å². The Morgan fingerprint density at radius 1 is 1.09 bits per heavy atom. The zero-order valence-electron chi connectivity index (χ0n) is 18.6. The van der Waals surface area contributed by atoms with Crippen molar-refractivity contribution in [2.24, 2.45) is 11.8 Å². The van der Waals surface area contributed by atoms with Crippen LogP contribution < -0.4 is 0 Å². The lowest BCUT2D eigenvalue weighted by atomic mass is 9.63. The second-order valence-corrected chi connectivity index (χ2v) is 10.1. The van der Waals surface area contributed by atoms with Gasteiger partial charge < -0.3 is 10.1 Å². The highest BCUT2D eigenvalue weighted by molar-refractivity contribution is 5.85. The maximum Gasteiger partial charge on any atom is 0.0756 e. The monoisotopic (exact) mass is 424 g/mol. The van der Waals surface area contributed by atoms with Crippen molar-refractivity contribution in [3.05, 3.63) is 89.6 Å². The molecule has 6 rings (SSSR count). The Bertz CT molecular complexity index is 1180. The number of aromatic nitrogens is 1. The van der Waals surface area contributed by atoms with Crippen LogP contribution in [0.15, 0.2) is 72.8 Å². The minimum absolute atomic E-state index is 0.0180. The number of H-pyrrole nitrogens is 1. The summed E-state index contributed by atoms with van der Waals surface area (Å²) in [4.78, 5) is 6.57. The maximum atomic E-state index is 11.1. The first-order valence-corrected chi connectivity index (χ1v) is 12.1. The number of piperidine rings is 1. The van der Waals surface area contributed by atoms with Crippen molar-refractivity contribution in [3.63, 3.8) is 0 Å². The number of para-hydroxylation sites is 1. The lowest BCUT2D eigenvalue weighted by Crippen LogP contribution is -2.59. The van der Waals surface area contributed by atoms with Crippen molar-refractivity contribution in [3.8, 4) is 0 Å². The van der Waals surface area contributed by atoms with Crippen LogP contribution in [0.2, 0.25) is 0 Å². The molecule has 164 valence electrons. The van der Waals surface area contributed by atoms with Gasteiger partial charge in [-0.1, -0.05) is 60.7 Å². The van der Waals surface area contributed by atoms with Crippen LogP contribution in [-0.4, -0.2) is 34.2 Å². The van der Waals surface area contributed by atoms with Gasteiger partial charge in [0.15, 0.2) is 0 Å². The van der Waals surface area contributed by atoms with E-state index < -0.39 is 0 Å². The molecule has 3 aromatic rings. The average molecular weight is 425 g/mol. The van der Waals surface area contributed by atoms with E-state index in [0.717, 1.165) is 45.2 Å². The molecule has 0 radical (unpaired) electrons. The van der Waals surface area contributed by atoms with Gasteiger partial charge in [0, 0.05) is 29.7 Å². The second kappa shape index (κ2) is 7.75. The Labute approximate surface area is 190 Å². The third kappa shape index (κ3) is 3.10. The number of fused-ring (bicyclic) bond motifs is 6. The first-order chi connectivity index (χ1) is 15.7. The fourth-order valence-corrected chi connectivity index (χ4v) is 6.86. The lowest BCUT2D eigenvalue weighted by molar-refractivity contribution is -0.0487. The van der Waals surface area contributed by atoms with Gasteiger partial charge in [-0.2, -0.15) is 0 Å². The molecular weight excluding hydrogens is 392 g/mol. The Morgan fingerprint density at radius 3 is 2.75 bits per heavy atom. The topological polar surface area (TPSA) is 39.3 Å². The van der Waals surface area contributed by atoms with Gasteiger partial charge in [0.05, 0.1) is 11.6 Å². The molecule has 4 atom stereocenters. The Hall–Kier alpha value is -2.62. The molecule has 2 unspecified atom stereocenters. The van der Waals surface area contributed by atoms with Crippen molar-refractivity contribution in [2.75, 3.05) is 13.1 Å². The lowest BCUT2D eigenvalue weighted by Gasteiger charge is -2.56. The number of nitrogens with one attached hydrogen (secondary N) is 1. The van der Waals surface area contributed by atoms with Gasteiger partial charge in [0.2, 0.25) is 0 Å². The molecule has 0 amide bonds. The fraction of sp³-hybridized carbons (Fsp3) is 0.379. The number of benzene rings is 2. The van der Waals surface area contributed by atoms with Crippen LogP contribution in [0.4, 0.5) is 0 Å². The van der Waals surface area contributed by atoms with E-state index in [2.05, 4.69) is 77.1 Å². The first-order valence-electron chi connectivity index (χ1n) is 12.1. The van der Waals surface area contributed by atoms with Crippen molar-refractivity contribution >= 4 is 17.0 Å². The van der Waals surface area contributed by atoms with E-state index in [1.807, 2.05) is 6.07 Å². The summed E-state index contributed by atoms with van der Waals surface area (Å²) < 4.78 is 0. The van der Waals surface area contributed by atoms with E-state index in [9.17, 15) is 5.11 Å². The van der Waals surface area contributed by atoms with Gasteiger partial charge in [-0.3, -0.25) is 4.90 Å². The molecule has 2 fully saturated rings. The predicted molar refractivity (Wildman–Crippen MR) is 131 cm³/mol. The number of aliphatic hydroxyl groups is 1. The van der Waals surface area contributed by atoms with Crippen molar-refractivity contribution in [2.45, 2.75) is 43.7 Å². The summed E-state index contributed by atoms with van der Waals surface area (Å²) in [5.41, 5.74) is 6.54. The van der Waals surface area contributed by atoms with E-state index in [4.69, 9.17) is 0 Å². The fourth-order valence-electron chi connectivity index (χ4n) is 6.86. The summed E-state index contributed by atoms with van der Waals surface area (Å²) in [6.45, 7) is 6.35. The first kappa shape index (κ1) is 20.0. The van der Waals surface area contributed by atoms with Crippen LogP contribution in [0.5, 0.6) is 0 Å². The largest absolute Gasteiger partial charge is 0.389 e. The standard InChI is InChI=1S/C29H32N2O/c1-2-13-29-18-22-17-27(32)21(15-20-8-4-3-5-9-20)16-23(22)19-31(29)14-12-25-24-10-6-7-11-26(24)30-28(25)29/h2-11,15,22-23,27,30,32H,1,12-14,16-19H2/b21-15+/t22?,23?,27-,29-/m0/s1. The number of hydrogen-bond donors (Lipinski definition) is 2. The normalized spacial score (nSPS) is 31.2. The average Bonchev–Trinajstić information content (AvgIpc) is 3.19. The summed E-state index contributed by atoms with van der Waals surface area (Å²) in [6, 6.07) is 19.2. The number of aliphatic hydroxyl groups excluding tert-OH is 1. The summed E-state index contributed by atoms with van der Waals surface area (Å²) in [5, 5.41) is 12.5. The zero-order chi connectivity index (χ0) is 21.7. The molecule has 3 aliphatic rings. The number of hydrogen-bond acceptors (Lipinski definition) is 2. The van der Waals surface area contributed by atoms with Gasteiger partial charge >= 0.3 is 0 Å². The SMILES string of the molecule is C=CC[C@@]12CC3C[C@H](O)/C(=C/c4ccccc4)CC3CN1CCc1c2[nH]c2ccccc12. The summed E-state index contributed by atoms with van der Waals surface area (Å²) in [6.07, 6.45) is 9.01. The van der Waals surface area contributed by atoms with E-state index in [-0.39, 0.29) is 11.6 Å². The third-order valence-electron chi connectivity index (χ3n) is 8.32. The van der Waals surface area contributed by atoms with Gasteiger partial charge in [-0.05, 0) is 66.7 Å². The third-order valence-corrected chi connectivity index (χ3v) is 8.32. The van der Waals surface area contributed by atoms with Crippen molar-refractivity contribution in [1.29, 1.82) is 0 Å². The summed E-state index contributed by atoms with van der Waals surface area (Å²) in [7, 11) is 0. The smallest absolute Gasteiger partial charge is 0.0756 e. The minimum atomic E-state index is -0.338. The molecule has 3 nitrogen and oxygen atoms in total. The quantitative estimate of drug-likeness (QED) is 0.532. The highest BCUT2D eigenvalue weighted by Gasteiger charge is 2.51. The van der Waals surface area contributed by atoms with Crippen LogP contribution in [-0.2, 0) is 12.0 Å². The molecule has 32 heavy (non-hydrogen) atoms. The molecule has 2 aromatic carbocycles. The molecule has 1 saturated heterocycles. The van der Waals surface area contributed by atoms with E-state index in [0.29, 0.717) is 11.8 Å². The maximum absolute atomic E-state index is 11.1. The van der Waals surface area contributed by atoms with Crippen LogP contribution in [0, 0.1) is 11.8 Å². The molecule has 1 aromatic heterocycles. The number of rotatable bonds is 3. The van der Waals surface area contributed by atoms with Crippen LogP contribution in [0.1, 0.15) is 42.5 Å². The number of aromatic amines is 1. The Balaban J connectivity index is 1.36. The molecule has 0 bridgehead atoms. The minimum Gasteiger partial charge on any atom is -0.389 e. The molecule has 1 saturated carbocycles. The highest BCUT2D eigenvalue weighted by atomic mass is 16.3. The van der Waals surface area contributed by atoms with Crippen molar-refractivity contribution < 1.29 is 5.11 Å². The van der Waals surface area contributed by atoms with Gasteiger partial charge in [-0.15, -0.1) is 6.58 Å². The predicted octanol–water partition coefficient (Wildman–Crippen LogP) is 5.67. The zero-order valence-corrected chi connectivity index (χ0v) is 18.6. The number of nitrogens with zero attached hydrogens (tertiary/aromatic N) is 1. The molecule has 0 spiro atoms. The van der Waals surface area contributed by atoms with E-state index >= 15 is 0 Å². The molecule has 1 aliphatic carbocycles. The molecular formula is C29H32N2O. The molecule has 2 N–H and O–H groups in total. The highest BCUT2D eigenvalue weighted by Crippen LogP contribution is 2.53. The summed E-state index contributed by atoms with van der Waals surface area (Å²) >= 11 is 0. The summed E-state index contributed by atoms with van der Waals surface area (Å²) in [5.74, 6) is 1.14. The van der Waals surface area contributed by atoms with Crippen LogP contribution >= 0.6 is 0 Å². The van der Waals surface area contributed by atoms with Crippen LogP contribution in [0.3, 0.4) is 0 Å². The van der Waals surface area contributed by atoms with Crippen LogP contribution in [0.25, 0.3) is 17.0 Å². The van der Waals surface area contributed by atoms with E-state index in [1.165, 1.54) is 33.3 Å². The van der Waals surface area contributed by atoms with E-state index in [1.54, 1.807) is 0 Å².